The van der Waals surface area contributed by atoms with Crippen molar-refractivity contribution in [3.8, 4) is 0 Å². The molecule has 0 atom stereocenters. The van der Waals surface area contributed by atoms with Gasteiger partial charge in [-0.1, -0.05) is 0 Å². The second kappa shape index (κ2) is 7.81. The fourth-order valence-corrected chi connectivity index (χ4v) is 3.94. The van der Waals surface area contributed by atoms with Gasteiger partial charge in [-0.25, -0.2) is 0 Å². The van der Waals surface area contributed by atoms with Crippen LogP contribution in [0.1, 0.15) is 53.9 Å². The molecule has 0 saturated carbocycles. The van der Waals surface area contributed by atoms with Crippen LogP contribution in [0.15, 0.2) is 0 Å². The highest BCUT2D eigenvalue weighted by molar-refractivity contribution is 4.87. The van der Waals surface area contributed by atoms with Crippen LogP contribution in [-0.2, 0) is 4.74 Å². The van der Waals surface area contributed by atoms with Crippen LogP contribution >= 0.6 is 0 Å². The van der Waals surface area contributed by atoms with E-state index >= 15 is 0 Å². The molecule has 0 aromatic heterocycles. The fourth-order valence-electron chi connectivity index (χ4n) is 3.94. The van der Waals surface area contributed by atoms with E-state index in [9.17, 15) is 0 Å². The van der Waals surface area contributed by atoms with Crippen molar-refractivity contribution >= 4 is 0 Å². The largest absolute Gasteiger partial charge is 0.379 e. The van der Waals surface area contributed by atoms with Crippen molar-refractivity contribution in [3.63, 3.8) is 0 Å². The lowest BCUT2D eigenvalue weighted by Crippen LogP contribution is -2.53. The Morgan fingerprint density at radius 1 is 0.913 bits per heavy atom. The number of piperidine rings is 1. The van der Waals surface area contributed by atoms with Crippen LogP contribution in [0.4, 0.5) is 0 Å². The molecule has 136 valence electrons. The Hall–Kier alpha value is -0.160. The molecule has 4 heteroatoms. The average Bonchev–Trinajstić information content (AvgIpc) is 2.53. The van der Waals surface area contributed by atoms with Gasteiger partial charge in [-0.2, -0.15) is 0 Å². The van der Waals surface area contributed by atoms with E-state index in [0.717, 1.165) is 32.3 Å². The maximum atomic E-state index is 5.50. The minimum atomic E-state index is 0.282. The van der Waals surface area contributed by atoms with Crippen molar-refractivity contribution in [3.05, 3.63) is 0 Å². The Kier molecular flexibility index (Phi) is 6.51. The predicted molar refractivity (Wildman–Crippen MR) is 98.1 cm³/mol. The van der Waals surface area contributed by atoms with Crippen LogP contribution < -0.4 is 0 Å². The standard InChI is InChI=1S/C19H39N3O/c1-18(2,3)21-10-7-17(8-11-21)20(6)12-9-19(4,5)22-13-15-23-16-14-22/h17H,7-16H2,1-6H3. The molecule has 0 aromatic rings. The summed E-state index contributed by atoms with van der Waals surface area (Å²) in [6.45, 7) is 19.4. The number of nitrogens with zero attached hydrogens (tertiary/aromatic N) is 3. The summed E-state index contributed by atoms with van der Waals surface area (Å²) in [6.07, 6.45) is 3.86. The average molecular weight is 326 g/mol. The number of rotatable bonds is 5. The van der Waals surface area contributed by atoms with Crippen molar-refractivity contribution in [2.45, 2.75) is 71.0 Å². The van der Waals surface area contributed by atoms with Crippen molar-refractivity contribution in [1.29, 1.82) is 0 Å². The van der Waals surface area contributed by atoms with Gasteiger partial charge in [0.2, 0.25) is 0 Å². The number of ether oxygens (including phenoxy) is 1. The summed E-state index contributed by atoms with van der Waals surface area (Å²) in [5, 5.41) is 0. The van der Waals surface area contributed by atoms with E-state index in [1.807, 2.05) is 0 Å². The molecule has 0 aliphatic carbocycles. The lowest BCUT2D eigenvalue weighted by atomic mass is 9.94. The topological polar surface area (TPSA) is 19.0 Å². The van der Waals surface area contributed by atoms with E-state index in [1.165, 1.54) is 38.9 Å². The van der Waals surface area contributed by atoms with Crippen molar-refractivity contribution < 1.29 is 4.74 Å². The highest BCUT2D eigenvalue weighted by atomic mass is 16.5. The third-order valence-electron chi connectivity index (χ3n) is 5.98. The monoisotopic (exact) mass is 325 g/mol. The van der Waals surface area contributed by atoms with Crippen molar-refractivity contribution in [2.75, 3.05) is 53.0 Å². The molecule has 2 fully saturated rings. The maximum absolute atomic E-state index is 5.50. The van der Waals surface area contributed by atoms with E-state index in [0.29, 0.717) is 5.54 Å². The summed E-state index contributed by atoms with van der Waals surface area (Å²) < 4.78 is 5.50. The Balaban J connectivity index is 1.75. The summed E-state index contributed by atoms with van der Waals surface area (Å²) >= 11 is 0. The summed E-state index contributed by atoms with van der Waals surface area (Å²) in [5.74, 6) is 0. The second-order valence-corrected chi connectivity index (χ2v) is 9.03. The van der Waals surface area contributed by atoms with Gasteiger partial charge in [-0.05, 0) is 67.5 Å². The Morgan fingerprint density at radius 2 is 1.48 bits per heavy atom. The highest BCUT2D eigenvalue weighted by Gasteiger charge is 2.31. The summed E-state index contributed by atoms with van der Waals surface area (Å²) in [6, 6.07) is 0.758. The third-order valence-corrected chi connectivity index (χ3v) is 5.98. The van der Waals surface area contributed by atoms with Gasteiger partial charge in [-0.3, -0.25) is 9.80 Å². The second-order valence-electron chi connectivity index (χ2n) is 9.03. The van der Waals surface area contributed by atoms with Crippen LogP contribution in [0.2, 0.25) is 0 Å². The van der Waals surface area contributed by atoms with Crippen LogP contribution in [0.3, 0.4) is 0 Å². The van der Waals surface area contributed by atoms with E-state index in [4.69, 9.17) is 4.74 Å². The van der Waals surface area contributed by atoms with Gasteiger partial charge in [0.1, 0.15) is 0 Å². The zero-order valence-electron chi connectivity index (χ0n) is 16.4. The zero-order valence-corrected chi connectivity index (χ0v) is 16.4. The zero-order chi connectivity index (χ0) is 17.1. The molecule has 0 aromatic carbocycles. The lowest BCUT2D eigenvalue weighted by Gasteiger charge is -2.45. The smallest absolute Gasteiger partial charge is 0.0594 e. The van der Waals surface area contributed by atoms with E-state index in [2.05, 4.69) is 56.4 Å². The first-order valence-corrected chi connectivity index (χ1v) is 9.48. The fraction of sp³-hybridized carbons (Fsp3) is 1.00. The van der Waals surface area contributed by atoms with Crippen LogP contribution in [0, 0.1) is 0 Å². The Labute approximate surface area is 144 Å². The van der Waals surface area contributed by atoms with Crippen LogP contribution in [-0.4, -0.2) is 84.8 Å². The lowest BCUT2D eigenvalue weighted by molar-refractivity contribution is -0.0174. The molecule has 0 unspecified atom stereocenters. The molecule has 2 aliphatic heterocycles. The molecule has 0 spiro atoms. The van der Waals surface area contributed by atoms with Gasteiger partial charge < -0.3 is 9.64 Å². The summed E-state index contributed by atoms with van der Waals surface area (Å²) in [4.78, 5) is 7.85. The van der Waals surface area contributed by atoms with Crippen LogP contribution in [0.25, 0.3) is 0 Å². The molecule has 2 aliphatic rings. The Bertz CT molecular complexity index is 350. The van der Waals surface area contributed by atoms with Gasteiger partial charge in [0.25, 0.3) is 0 Å². The minimum absolute atomic E-state index is 0.282. The van der Waals surface area contributed by atoms with Gasteiger partial charge in [0.15, 0.2) is 0 Å². The minimum Gasteiger partial charge on any atom is -0.379 e. The number of hydrogen-bond donors (Lipinski definition) is 0. The molecular formula is C19H39N3O. The van der Waals surface area contributed by atoms with Crippen LogP contribution in [0.5, 0.6) is 0 Å². The molecule has 0 bridgehead atoms. The first kappa shape index (κ1) is 19.2. The molecule has 4 nitrogen and oxygen atoms in total. The van der Waals surface area contributed by atoms with Crippen molar-refractivity contribution in [2.24, 2.45) is 0 Å². The summed E-state index contributed by atoms with van der Waals surface area (Å²) in [7, 11) is 2.33. The van der Waals surface area contributed by atoms with Crippen molar-refractivity contribution in [1.82, 2.24) is 14.7 Å². The van der Waals surface area contributed by atoms with E-state index in [-0.39, 0.29) is 5.54 Å². The maximum Gasteiger partial charge on any atom is 0.0594 e. The Morgan fingerprint density at radius 3 is 2.00 bits per heavy atom. The third kappa shape index (κ3) is 5.42. The van der Waals surface area contributed by atoms with Gasteiger partial charge in [-0.15, -0.1) is 0 Å². The summed E-state index contributed by atoms with van der Waals surface area (Å²) in [5.41, 5.74) is 0.603. The predicted octanol–water partition coefficient (Wildman–Crippen LogP) is 2.68. The number of hydrogen-bond acceptors (Lipinski definition) is 4. The molecule has 0 radical (unpaired) electrons. The molecule has 23 heavy (non-hydrogen) atoms. The molecular weight excluding hydrogens is 286 g/mol. The van der Waals surface area contributed by atoms with Gasteiger partial charge >= 0.3 is 0 Å². The quantitative estimate of drug-likeness (QED) is 0.773. The highest BCUT2D eigenvalue weighted by Crippen LogP contribution is 2.25. The molecule has 0 N–H and O–H groups in total. The number of likely N-dealkylation sites (tertiary alicyclic amines) is 1. The molecule has 2 heterocycles. The molecule has 2 saturated heterocycles. The van der Waals surface area contributed by atoms with E-state index < -0.39 is 0 Å². The first-order chi connectivity index (χ1) is 10.7. The number of morpholine rings is 1. The SMILES string of the molecule is CN(CCC(C)(C)N1CCOCC1)C1CCN(C(C)(C)C)CC1. The first-order valence-electron chi connectivity index (χ1n) is 9.48. The van der Waals surface area contributed by atoms with E-state index in [1.54, 1.807) is 0 Å². The van der Waals surface area contributed by atoms with Gasteiger partial charge in [0, 0.05) is 43.3 Å². The normalized spacial score (nSPS) is 23.6. The molecule has 0 amide bonds. The molecule has 2 rings (SSSR count). The van der Waals surface area contributed by atoms with Gasteiger partial charge in [0.05, 0.1) is 13.2 Å².